The molecule has 0 aromatic carbocycles. The molecule has 2 bridgehead atoms. The number of fused-ring (bicyclic) bond motifs is 2. The van der Waals surface area contributed by atoms with Crippen molar-refractivity contribution >= 4 is 29.1 Å². The van der Waals surface area contributed by atoms with Gasteiger partial charge in [0.2, 0.25) is 5.91 Å². The van der Waals surface area contributed by atoms with Gasteiger partial charge in [0.15, 0.2) is 0 Å². The minimum Gasteiger partial charge on any atom is -0.481 e. The first-order chi connectivity index (χ1) is 12.8. The van der Waals surface area contributed by atoms with Gasteiger partial charge < -0.3 is 5.11 Å². The second-order valence-electron chi connectivity index (χ2n) is 7.62. The first kappa shape index (κ1) is 19.6. The Balaban J connectivity index is 1.75. The van der Waals surface area contributed by atoms with Crippen molar-refractivity contribution in [2.75, 3.05) is 0 Å². The summed E-state index contributed by atoms with van der Waals surface area (Å²) in [5.74, 6) is -3.19. The van der Waals surface area contributed by atoms with Crippen LogP contribution >= 0.6 is 11.3 Å². The molecule has 2 aliphatic rings. The molecule has 146 valence electrons. The first-order valence-corrected chi connectivity index (χ1v) is 10.2. The van der Waals surface area contributed by atoms with Crippen LogP contribution in [0.1, 0.15) is 54.4 Å². The summed E-state index contributed by atoms with van der Waals surface area (Å²) in [4.78, 5) is 38.2. The van der Waals surface area contributed by atoms with E-state index in [0.717, 1.165) is 40.8 Å². The summed E-state index contributed by atoms with van der Waals surface area (Å²) < 4.78 is 0. The third-order valence-electron chi connectivity index (χ3n) is 6.01. The van der Waals surface area contributed by atoms with Crippen LogP contribution in [0.15, 0.2) is 16.5 Å². The van der Waals surface area contributed by atoms with E-state index >= 15 is 0 Å². The fraction of sp³-hybridized carbons (Fsp3) is 0.550. The fourth-order valence-corrected chi connectivity index (χ4v) is 5.92. The zero-order chi connectivity index (χ0) is 19.9. The molecule has 1 heterocycles. The molecule has 0 aliphatic heterocycles. The average molecular weight is 391 g/mol. The number of nitrogens with one attached hydrogen (secondary N) is 2. The van der Waals surface area contributed by atoms with Crippen molar-refractivity contribution in [3.63, 3.8) is 0 Å². The zero-order valence-corrected chi connectivity index (χ0v) is 16.9. The van der Waals surface area contributed by atoms with E-state index in [1.807, 2.05) is 27.7 Å². The number of allylic oxidation sites excluding steroid dienone is 2. The number of hydrazine groups is 1. The summed E-state index contributed by atoms with van der Waals surface area (Å²) >= 11 is 1.50. The molecule has 1 aromatic rings. The Morgan fingerprint density at radius 3 is 2.33 bits per heavy atom. The van der Waals surface area contributed by atoms with E-state index in [-0.39, 0.29) is 17.7 Å². The lowest BCUT2D eigenvalue weighted by atomic mass is 9.79. The lowest BCUT2D eigenvalue weighted by Crippen LogP contribution is -2.48. The van der Waals surface area contributed by atoms with Gasteiger partial charge in [0.25, 0.3) is 5.91 Å². The van der Waals surface area contributed by atoms with Gasteiger partial charge in [-0.1, -0.05) is 18.1 Å². The van der Waals surface area contributed by atoms with E-state index in [0.29, 0.717) is 5.56 Å². The Kier molecular flexibility index (Phi) is 5.42. The standard InChI is InChI=1S/C20H26N2O4S/c1-5-11-10(4)27-8-14(11)18(23)21-22-19(24)16-12-6-7-13(15(12)9(2)3)17(16)20(25)26/h8,12-13,16-17H,5-7H2,1-4H3,(H,21,23)(H,22,24)(H,25,26)/t12-,13-,16-,17+/m0/s1. The van der Waals surface area contributed by atoms with Gasteiger partial charge in [-0.25, -0.2) is 0 Å². The Morgan fingerprint density at radius 1 is 1.15 bits per heavy atom. The lowest BCUT2D eigenvalue weighted by Gasteiger charge is -2.26. The molecule has 0 radical (unpaired) electrons. The number of aliphatic carboxylic acids is 1. The summed E-state index contributed by atoms with van der Waals surface area (Å²) in [6.07, 6.45) is 2.38. The van der Waals surface area contributed by atoms with Crippen LogP contribution in [0.5, 0.6) is 0 Å². The van der Waals surface area contributed by atoms with Gasteiger partial charge in [-0.05, 0) is 57.4 Å². The van der Waals surface area contributed by atoms with Gasteiger partial charge in [0.05, 0.1) is 17.4 Å². The minimum absolute atomic E-state index is 0.0485. The average Bonchev–Trinajstić information content (AvgIpc) is 3.29. The number of carbonyl (C=O) groups excluding carboxylic acids is 2. The smallest absolute Gasteiger partial charge is 0.307 e. The monoisotopic (exact) mass is 390 g/mol. The van der Waals surface area contributed by atoms with Crippen LogP contribution in [0.3, 0.4) is 0 Å². The third kappa shape index (κ3) is 3.29. The largest absolute Gasteiger partial charge is 0.481 e. The van der Waals surface area contributed by atoms with E-state index < -0.39 is 23.7 Å². The van der Waals surface area contributed by atoms with Crippen LogP contribution in [0.4, 0.5) is 0 Å². The van der Waals surface area contributed by atoms with Crippen molar-refractivity contribution in [3.05, 3.63) is 32.5 Å². The molecule has 4 atom stereocenters. The maximum absolute atomic E-state index is 12.8. The van der Waals surface area contributed by atoms with Gasteiger partial charge in [-0.3, -0.25) is 25.2 Å². The molecular formula is C20H26N2O4S. The van der Waals surface area contributed by atoms with Gasteiger partial charge >= 0.3 is 5.97 Å². The molecule has 3 N–H and O–H groups in total. The van der Waals surface area contributed by atoms with Gasteiger partial charge in [0.1, 0.15) is 0 Å². The van der Waals surface area contributed by atoms with Crippen molar-refractivity contribution in [3.8, 4) is 0 Å². The number of carboxylic acid groups (broad SMARTS) is 1. The highest BCUT2D eigenvalue weighted by Crippen LogP contribution is 2.57. The maximum Gasteiger partial charge on any atom is 0.307 e. The number of amides is 2. The molecule has 7 heteroatoms. The number of thiophene rings is 1. The van der Waals surface area contributed by atoms with Crippen LogP contribution in [-0.4, -0.2) is 22.9 Å². The van der Waals surface area contributed by atoms with E-state index in [2.05, 4.69) is 10.9 Å². The summed E-state index contributed by atoms with van der Waals surface area (Å²) in [6.45, 7) is 7.91. The Labute approximate surface area is 163 Å². The van der Waals surface area contributed by atoms with Crippen molar-refractivity contribution in [1.82, 2.24) is 10.9 Å². The molecule has 6 nitrogen and oxygen atoms in total. The summed E-state index contributed by atoms with van der Waals surface area (Å²) in [5, 5.41) is 11.5. The van der Waals surface area contributed by atoms with Crippen LogP contribution in [0, 0.1) is 30.6 Å². The highest BCUT2D eigenvalue weighted by molar-refractivity contribution is 7.10. The molecule has 0 unspecified atom stereocenters. The Hall–Kier alpha value is -2.15. The predicted molar refractivity (Wildman–Crippen MR) is 103 cm³/mol. The third-order valence-corrected chi connectivity index (χ3v) is 6.96. The van der Waals surface area contributed by atoms with E-state index in [1.54, 1.807) is 5.38 Å². The molecule has 2 saturated carbocycles. The lowest BCUT2D eigenvalue weighted by molar-refractivity contribution is -0.149. The summed E-state index contributed by atoms with van der Waals surface area (Å²) in [6, 6.07) is 0. The van der Waals surface area contributed by atoms with Crippen molar-refractivity contribution in [2.45, 2.75) is 47.0 Å². The summed E-state index contributed by atoms with van der Waals surface area (Å²) in [5.41, 5.74) is 8.74. The molecule has 27 heavy (non-hydrogen) atoms. The molecular weight excluding hydrogens is 364 g/mol. The molecule has 2 fully saturated rings. The number of hydrogen-bond donors (Lipinski definition) is 3. The van der Waals surface area contributed by atoms with Crippen molar-refractivity contribution in [1.29, 1.82) is 0 Å². The number of aryl methyl sites for hydroxylation is 1. The molecule has 1 aromatic heterocycles. The normalized spacial score (nSPS) is 26.1. The van der Waals surface area contributed by atoms with Crippen molar-refractivity contribution < 1.29 is 19.5 Å². The van der Waals surface area contributed by atoms with E-state index in [4.69, 9.17) is 0 Å². The second kappa shape index (κ2) is 7.46. The molecule has 0 saturated heterocycles. The van der Waals surface area contributed by atoms with Crippen LogP contribution in [0.25, 0.3) is 0 Å². The van der Waals surface area contributed by atoms with Gasteiger partial charge in [0, 0.05) is 10.3 Å². The first-order valence-electron chi connectivity index (χ1n) is 9.35. The van der Waals surface area contributed by atoms with Gasteiger partial charge in [-0.2, -0.15) is 0 Å². The number of carbonyl (C=O) groups is 3. The Bertz CT molecular complexity index is 822. The topological polar surface area (TPSA) is 95.5 Å². The molecule has 2 amide bonds. The van der Waals surface area contributed by atoms with E-state index in [9.17, 15) is 19.5 Å². The Morgan fingerprint density at radius 2 is 1.78 bits per heavy atom. The summed E-state index contributed by atoms with van der Waals surface area (Å²) in [7, 11) is 0. The van der Waals surface area contributed by atoms with E-state index in [1.165, 1.54) is 11.3 Å². The molecule has 3 rings (SSSR count). The van der Waals surface area contributed by atoms with Crippen LogP contribution in [-0.2, 0) is 16.0 Å². The highest BCUT2D eigenvalue weighted by Gasteiger charge is 2.57. The maximum atomic E-state index is 12.8. The molecule has 0 spiro atoms. The second-order valence-corrected chi connectivity index (χ2v) is 8.70. The van der Waals surface area contributed by atoms with Crippen LogP contribution < -0.4 is 10.9 Å². The van der Waals surface area contributed by atoms with Gasteiger partial charge in [-0.15, -0.1) is 11.3 Å². The van der Waals surface area contributed by atoms with Crippen molar-refractivity contribution in [2.24, 2.45) is 23.7 Å². The zero-order valence-electron chi connectivity index (χ0n) is 16.1. The number of rotatable bonds is 4. The molecule has 2 aliphatic carbocycles. The SMILES string of the molecule is CCc1c(C(=O)NNC(=O)[C@@H]2[C@H](C(=O)O)[C@H]3CC[C@H]2C3=C(C)C)csc1C. The minimum atomic E-state index is -0.936. The predicted octanol–water partition coefficient (Wildman–Crippen LogP) is 3.07. The highest BCUT2D eigenvalue weighted by atomic mass is 32.1. The van der Waals surface area contributed by atoms with Crippen LogP contribution in [0.2, 0.25) is 0 Å². The number of carboxylic acids is 1. The fourth-order valence-electron chi connectivity index (χ4n) is 4.98. The quantitative estimate of drug-likeness (QED) is 0.544. The number of hydrogen-bond acceptors (Lipinski definition) is 4.